The van der Waals surface area contributed by atoms with Crippen LogP contribution in [0.4, 0.5) is 17.1 Å². The topological polar surface area (TPSA) is 430 Å². The van der Waals surface area contributed by atoms with E-state index in [0.29, 0.717) is 0 Å². The first-order valence-electron chi connectivity index (χ1n) is 27.5. The van der Waals surface area contributed by atoms with Gasteiger partial charge in [0.05, 0.1) is 110 Å². The van der Waals surface area contributed by atoms with Crippen molar-refractivity contribution in [2.24, 2.45) is 0 Å². The average Bonchev–Trinajstić information content (AvgIpc) is 0.781. The number of likely N-dealkylation sites (N-methyl/N-ethyl adjacent to an activating group) is 4. The molecule has 0 saturated heterocycles. The molecule has 9 amide bonds. The molecule has 3 atom stereocenters. The van der Waals surface area contributed by atoms with Crippen molar-refractivity contribution in [1.29, 1.82) is 0 Å². The van der Waals surface area contributed by atoms with Crippen molar-refractivity contribution < 1.29 is 102 Å². The van der Waals surface area contributed by atoms with Crippen LogP contribution in [0.5, 0.6) is 0 Å². The largest absolute Gasteiger partial charge is 0.456 e. The summed E-state index contributed by atoms with van der Waals surface area (Å²) in [6, 6.07) is 0. The second kappa shape index (κ2) is 41.5. The van der Waals surface area contributed by atoms with Gasteiger partial charge in [-0.2, -0.15) is 0 Å². The molecule has 524 valence electrons. The molecule has 0 fully saturated rings. The minimum Gasteiger partial charge on any atom is -0.456 e. The average molecular weight is 2340 g/mol. The molecule has 0 aliphatic heterocycles. The predicted octanol–water partition coefficient (Wildman–Crippen LogP) is 2.14. The van der Waals surface area contributed by atoms with Gasteiger partial charge in [0.25, 0.3) is 53.2 Å². The van der Waals surface area contributed by atoms with Crippen LogP contribution >= 0.6 is 203 Å². The first kappa shape index (κ1) is 86.8. The molecule has 0 bridgehead atoms. The van der Waals surface area contributed by atoms with Crippen LogP contribution in [-0.2, 0) is 43.0 Å². The number of amides is 9. The fourth-order valence-corrected chi connectivity index (χ4v) is 21.1. The first-order valence-corrected chi connectivity index (χ1v) is 37.2. The van der Waals surface area contributed by atoms with Crippen LogP contribution in [0.15, 0.2) is 0 Å². The lowest BCUT2D eigenvalue weighted by atomic mass is 10.1. The molecular formula is C55H65I9N10O21. The van der Waals surface area contributed by atoms with E-state index in [0.717, 1.165) is 25.7 Å². The van der Waals surface area contributed by atoms with Gasteiger partial charge in [-0.1, -0.05) is 0 Å². The third kappa shape index (κ3) is 25.0. The molecule has 3 aromatic rings. The molecule has 0 heterocycles. The minimum absolute atomic E-state index is 0.00830. The van der Waals surface area contributed by atoms with Crippen LogP contribution in [-0.4, -0.2) is 271 Å². The molecule has 0 spiro atoms. The van der Waals surface area contributed by atoms with E-state index in [1.54, 1.807) is 50.1 Å². The summed E-state index contributed by atoms with van der Waals surface area (Å²) < 4.78 is 16.1. The van der Waals surface area contributed by atoms with E-state index in [-0.39, 0.29) is 128 Å². The van der Waals surface area contributed by atoms with Gasteiger partial charge in [0.15, 0.2) is 19.8 Å². The summed E-state index contributed by atoms with van der Waals surface area (Å²) in [6.45, 7) is -2.35. The summed E-state index contributed by atoms with van der Waals surface area (Å²) in [5, 5.41) is 71.9. The van der Waals surface area contributed by atoms with Crippen LogP contribution in [0.3, 0.4) is 0 Å². The van der Waals surface area contributed by atoms with Gasteiger partial charge in [-0.25, -0.2) is 0 Å². The number of aliphatic hydroxyl groups excluding tert-OH is 6. The molecule has 3 rings (SSSR count). The first-order chi connectivity index (χ1) is 44.4. The summed E-state index contributed by atoms with van der Waals surface area (Å²) >= 11 is 16.4. The lowest BCUT2D eigenvalue weighted by Crippen LogP contribution is -2.44. The van der Waals surface area contributed by atoms with Crippen molar-refractivity contribution in [3.63, 3.8) is 0 Å². The Bertz CT molecular complexity index is 3320. The van der Waals surface area contributed by atoms with Crippen molar-refractivity contribution in [1.82, 2.24) is 35.1 Å². The molecule has 11 N–H and O–H groups in total. The zero-order valence-corrected chi connectivity index (χ0v) is 70.7. The van der Waals surface area contributed by atoms with E-state index in [9.17, 15) is 88.2 Å². The van der Waals surface area contributed by atoms with Crippen LogP contribution in [0.1, 0.15) is 82.9 Å². The zero-order chi connectivity index (χ0) is 72.2. The van der Waals surface area contributed by atoms with E-state index < -0.39 is 142 Å². The van der Waals surface area contributed by atoms with Gasteiger partial charge >= 0.3 is 17.9 Å². The molecular weight excluding hydrogens is 2280 g/mol. The van der Waals surface area contributed by atoms with Gasteiger partial charge in [-0.3, -0.25) is 62.4 Å². The molecule has 0 saturated carbocycles. The van der Waals surface area contributed by atoms with Crippen LogP contribution in [0.25, 0.3) is 0 Å². The summed E-state index contributed by atoms with van der Waals surface area (Å²) in [4.78, 5) is 168. The number of esters is 3. The summed E-state index contributed by atoms with van der Waals surface area (Å²) in [7, 11) is 5.74. The number of anilines is 3. The molecule has 0 aliphatic rings. The fourth-order valence-electron chi connectivity index (χ4n) is 7.96. The van der Waals surface area contributed by atoms with Gasteiger partial charge in [-0.05, 0) is 203 Å². The number of hydrogen-bond acceptors (Lipinski definition) is 22. The number of ether oxygens (including phenoxy) is 3. The standard InChI is InChI=1S/C55H65I9N10O21/c1-23(78)93-20-29(84)67-47-41(59)32(50(87)65-14-26(81)17-75)38(56)34(43(47)61)52(89)70(4)8-11-74(12-9-71(5)53(90)35-39(57)33(51(88)66-15-27(82)18-76)42(60)48(44(35)62)68-30(85)21-94-24(2)79)13-10-72(6)54(91)36-40(58)37(55(92)73(7)16-28(83)19-77)46(64)49(45(36)63)69-31(86)22-95-25(3)80/h26-28,75-77,81-83H,8-22H2,1-7H3,(H,65,87)(H,66,88)(H,67,84)(H,68,85)(H,69,86). The fraction of sp³-hybridized carbons (Fsp3) is 0.455. The number of rotatable bonds is 33. The Labute approximate surface area is 667 Å². The highest BCUT2D eigenvalue weighted by atomic mass is 127. The number of carbonyl (C=O) groups is 12. The Morgan fingerprint density at radius 3 is 0.863 bits per heavy atom. The summed E-state index contributed by atoms with van der Waals surface area (Å²) in [5.41, 5.74) is -0.322. The maximum Gasteiger partial charge on any atom is 0.303 e. The molecule has 3 unspecified atom stereocenters. The summed E-state index contributed by atoms with van der Waals surface area (Å²) in [5.74, 6) is -8.95. The maximum atomic E-state index is 15.0. The predicted molar refractivity (Wildman–Crippen MR) is 418 cm³/mol. The molecule has 3 aromatic carbocycles. The van der Waals surface area contributed by atoms with Gasteiger partial charge in [-0.15, -0.1) is 0 Å². The van der Waals surface area contributed by atoms with Gasteiger partial charge in [0.1, 0.15) is 0 Å². The Hall–Kier alpha value is -2.41. The highest BCUT2D eigenvalue weighted by molar-refractivity contribution is 14.1. The van der Waals surface area contributed by atoms with E-state index in [1.165, 1.54) is 42.9 Å². The van der Waals surface area contributed by atoms with E-state index in [2.05, 4.69) is 26.6 Å². The molecule has 0 aromatic heterocycles. The second-order valence-electron chi connectivity index (χ2n) is 20.3. The number of nitrogens with one attached hydrogen (secondary N) is 5. The number of hydrogen-bond donors (Lipinski definition) is 11. The summed E-state index contributed by atoms with van der Waals surface area (Å²) in [6.07, 6.45) is -4.03. The molecule has 0 aliphatic carbocycles. The highest BCUT2D eigenvalue weighted by Crippen LogP contribution is 2.40. The zero-order valence-electron chi connectivity index (χ0n) is 51.3. The number of nitrogens with zero attached hydrogens (tertiary/aromatic N) is 5. The lowest BCUT2D eigenvalue weighted by Gasteiger charge is -2.30. The van der Waals surface area contributed by atoms with Crippen molar-refractivity contribution in [3.05, 3.63) is 65.5 Å². The van der Waals surface area contributed by atoms with E-state index in [4.69, 9.17) is 14.2 Å². The van der Waals surface area contributed by atoms with Gasteiger partial charge in [0, 0.05) is 119 Å². The van der Waals surface area contributed by atoms with E-state index in [1.807, 2.05) is 158 Å². The monoisotopic (exact) mass is 2340 g/mol. The molecule has 40 heteroatoms. The Morgan fingerprint density at radius 1 is 0.368 bits per heavy atom. The normalized spacial score (nSPS) is 11.9. The number of benzene rings is 3. The quantitative estimate of drug-likeness (QED) is 0.0236. The van der Waals surface area contributed by atoms with Gasteiger partial charge < -0.3 is 91.0 Å². The minimum atomic E-state index is -1.35. The van der Waals surface area contributed by atoms with Crippen LogP contribution in [0.2, 0.25) is 0 Å². The molecule has 95 heavy (non-hydrogen) atoms. The third-order valence-electron chi connectivity index (χ3n) is 13.0. The van der Waals surface area contributed by atoms with Crippen molar-refractivity contribution in [2.75, 3.05) is 143 Å². The van der Waals surface area contributed by atoms with Gasteiger partial charge in [0.2, 0.25) is 0 Å². The third-order valence-corrected chi connectivity index (χ3v) is 22.7. The molecule has 31 nitrogen and oxygen atoms in total. The Morgan fingerprint density at radius 2 is 0.611 bits per heavy atom. The Balaban J connectivity index is 2.27. The number of halogens is 9. The van der Waals surface area contributed by atoms with Crippen LogP contribution < -0.4 is 26.6 Å². The van der Waals surface area contributed by atoms with Crippen molar-refractivity contribution in [2.45, 2.75) is 39.1 Å². The maximum absolute atomic E-state index is 15.0. The SMILES string of the molecule is CC(=O)OCC(=O)Nc1c(I)c(C(=O)NCC(O)CO)c(I)c(C(=O)N(C)CCN(CCN(C)C(=O)c2c(I)c(NC(=O)COC(C)=O)c(I)c(C(=O)NCC(O)CO)c2I)CCN(C)C(=O)c2c(I)c(NC(=O)COC(C)=O)c(I)c(C(=O)N(C)CC(O)CO)c2I)c1I. The smallest absolute Gasteiger partial charge is 0.303 e. The van der Waals surface area contributed by atoms with Crippen LogP contribution in [0, 0.1) is 32.1 Å². The number of aliphatic hydroxyl groups is 6. The number of carbonyl (C=O) groups excluding carboxylic acids is 12. The highest BCUT2D eigenvalue weighted by Gasteiger charge is 2.35. The second-order valence-corrected chi connectivity index (χ2v) is 30.0. The van der Waals surface area contributed by atoms with Crippen molar-refractivity contribution >= 4 is 291 Å². The Kier molecular flexibility index (Phi) is 37.9. The lowest BCUT2D eigenvalue weighted by molar-refractivity contribution is -0.145. The van der Waals surface area contributed by atoms with E-state index >= 15 is 0 Å². The van der Waals surface area contributed by atoms with Crippen molar-refractivity contribution in [3.8, 4) is 0 Å². The molecule has 0 radical (unpaired) electrons.